The highest BCUT2D eigenvalue weighted by molar-refractivity contribution is 6.09. The Balaban J connectivity index is 0.953. The fraction of sp³-hybridized carbons (Fsp3) is 0.196. The first-order chi connectivity index (χ1) is 25.0. The van der Waals surface area contributed by atoms with E-state index >= 15 is 0 Å². The summed E-state index contributed by atoms with van der Waals surface area (Å²) in [5, 5.41) is 9.66. The number of aromatic hydroxyl groups is 1. The summed E-state index contributed by atoms with van der Waals surface area (Å²) in [5.74, 6) is 3.87. The number of phenols is 1. The number of phenolic OH excluding ortho intramolecular Hbond substituents is 1. The zero-order valence-electron chi connectivity index (χ0n) is 30.2. The minimum atomic E-state index is -0.237. The maximum atomic E-state index is 13.3. The molecule has 6 nitrogen and oxygen atoms in total. The van der Waals surface area contributed by atoms with Gasteiger partial charge in [-0.25, -0.2) is 0 Å². The fourth-order valence-corrected chi connectivity index (χ4v) is 6.63. The first kappa shape index (κ1) is 34.6. The largest absolute Gasteiger partial charge is 0.508 e. The second-order valence-electron chi connectivity index (χ2n) is 14.5. The Hall–Kier alpha value is -5.85. The Morgan fingerprint density at radius 2 is 0.962 bits per heavy atom. The Kier molecular flexibility index (Phi) is 9.35. The zero-order valence-corrected chi connectivity index (χ0v) is 30.2. The highest BCUT2D eigenvalue weighted by Gasteiger charge is 2.26. The van der Waals surface area contributed by atoms with Gasteiger partial charge in [0.15, 0.2) is 5.78 Å². The minimum Gasteiger partial charge on any atom is -0.508 e. The third kappa shape index (κ3) is 7.30. The standard InChI is InChI=1S/C46H43NO5/c1-45(2,34-10-17-38(48)18-11-34)35-12-23-41(24-13-35)51-39-19-6-31(7-20-39)44(49)32-8-21-40(22-9-32)52-42-25-14-36(15-26-42)46(3,4)37-16-27-43-33(28-37)29-47(5)30-50-43/h6-28,48H,29-30H2,1-5H3. The number of carbonyl (C=O) groups excluding carboxylic acids is 1. The van der Waals surface area contributed by atoms with Gasteiger partial charge in [0.05, 0.1) is 0 Å². The summed E-state index contributed by atoms with van der Waals surface area (Å²) in [7, 11) is 2.06. The highest BCUT2D eigenvalue weighted by Crippen LogP contribution is 2.37. The van der Waals surface area contributed by atoms with Crippen molar-refractivity contribution in [3.05, 3.63) is 178 Å². The maximum Gasteiger partial charge on any atom is 0.193 e. The van der Waals surface area contributed by atoms with Gasteiger partial charge in [0.25, 0.3) is 0 Å². The molecule has 0 fully saturated rings. The molecule has 0 aliphatic carbocycles. The molecule has 0 unspecified atom stereocenters. The topological polar surface area (TPSA) is 68.2 Å². The van der Waals surface area contributed by atoms with Crippen molar-refractivity contribution in [2.24, 2.45) is 0 Å². The number of rotatable bonds is 10. The molecule has 0 aromatic heterocycles. The van der Waals surface area contributed by atoms with E-state index in [1.54, 1.807) is 36.4 Å². The lowest BCUT2D eigenvalue weighted by Crippen LogP contribution is -2.28. The summed E-state index contributed by atoms with van der Waals surface area (Å²) in [4.78, 5) is 15.5. The predicted octanol–water partition coefficient (Wildman–Crippen LogP) is 10.6. The molecule has 0 spiro atoms. The average Bonchev–Trinajstić information content (AvgIpc) is 3.15. The molecule has 1 heterocycles. The number of ketones is 1. The van der Waals surface area contributed by atoms with E-state index in [2.05, 4.69) is 82.1 Å². The monoisotopic (exact) mass is 689 g/mol. The van der Waals surface area contributed by atoms with E-state index in [0.29, 0.717) is 35.1 Å². The molecule has 0 saturated heterocycles. The zero-order chi connectivity index (χ0) is 36.5. The molecule has 7 rings (SSSR count). The van der Waals surface area contributed by atoms with Crippen LogP contribution in [0.25, 0.3) is 0 Å². The van der Waals surface area contributed by atoms with Gasteiger partial charge < -0.3 is 19.3 Å². The van der Waals surface area contributed by atoms with Crippen LogP contribution < -0.4 is 14.2 Å². The van der Waals surface area contributed by atoms with E-state index in [9.17, 15) is 9.90 Å². The van der Waals surface area contributed by atoms with Crippen LogP contribution in [0.1, 0.15) is 71.4 Å². The van der Waals surface area contributed by atoms with Crippen molar-refractivity contribution < 1.29 is 24.1 Å². The van der Waals surface area contributed by atoms with E-state index in [4.69, 9.17) is 14.2 Å². The van der Waals surface area contributed by atoms with Crippen LogP contribution in [-0.4, -0.2) is 29.6 Å². The predicted molar refractivity (Wildman–Crippen MR) is 205 cm³/mol. The maximum absolute atomic E-state index is 13.3. The summed E-state index contributed by atoms with van der Waals surface area (Å²) < 4.78 is 18.1. The van der Waals surface area contributed by atoms with Crippen molar-refractivity contribution in [2.45, 2.75) is 45.1 Å². The van der Waals surface area contributed by atoms with Gasteiger partial charge in [-0.3, -0.25) is 9.69 Å². The second-order valence-corrected chi connectivity index (χ2v) is 14.5. The number of ether oxygens (including phenoxy) is 3. The van der Waals surface area contributed by atoms with Crippen molar-refractivity contribution in [1.29, 1.82) is 0 Å². The van der Waals surface area contributed by atoms with Gasteiger partial charge in [0.1, 0.15) is 41.2 Å². The molecule has 1 aliphatic heterocycles. The van der Waals surface area contributed by atoms with Gasteiger partial charge in [-0.15, -0.1) is 0 Å². The van der Waals surface area contributed by atoms with Crippen molar-refractivity contribution >= 4 is 5.78 Å². The van der Waals surface area contributed by atoms with Gasteiger partial charge in [-0.1, -0.05) is 70.2 Å². The lowest BCUT2D eigenvalue weighted by atomic mass is 9.77. The molecule has 1 aliphatic rings. The number of fused-ring (bicyclic) bond motifs is 1. The number of nitrogens with zero attached hydrogens (tertiary/aromatic N) is 1. The Bertz CT molecular complexity index is 2170. The van der Waals surface area contributed by atoms with Gasteiger partial charge >= 0.3 is 0 Å². The number of hydrogen-bond donors (Lipinski definition) is 1. The van der Waals surface area contributed by atoms with Crippen LogP contribution in [-0.2, 0) is 17.4 Å². The SMILES string of the molecule is CN1COc2ccc(C(C)(C)c3ccc(Oc4ccc(C(=O)c5ccc(Oc6ccc(C(C)(C)c7ccc(O)cc7)cc6)cc5)cc4)cc3)cc2C1. The molecule has 6 heteroatoms. The summed E-state index contributed by atoms with van der Waals surface area (Å²) in [6.45, 7) is 10.3. The molecular formula is C46H43NO5. The summed E-state index contributed by atoms with van der Waals surface area (Å²) in [5.41, 5.74) is 6.58. The van der Waals surface area contributed by atoms with Crippen LogP contribution in [0, 0.1) is 0 Å². The van der Waals surface area contributed by atoms with Gasteiger partial charge in [0.2, 0.25) is 0 Å². The Morgan fingerprint density at radius 1 is 0.577 bits per heavy atom. The van der Waals surface area contributed by atoms with Crippen molar-refractivity contribution in [3.63, 3.8) is 0 Å². The third-order valence-corrected chi connectivity index (χ3v) is 10.1. The number of benzene rings is 6. The van der Waals surface area contributed by atoms with Gasteiger partial charge in [0, 0.05) is 34.1 Å². The van der Waals surface area contributed by atoms with E-state index in [1.807, 2.05) is 60.7 Å². The van der Waals surface area contributed by atoms with Gasteiger partial charge in [-0.05, 0) is 126 Å². The van der Waals surface area contributed by atoms with E-state index in [0.717, 1.165) is 29.2 Å². The van der Waals surface area contributed by atoms with Crippen molar-refractivity contribution in [1.82, 2.24) is 4.90 Å². The van der Waals surface area contributed by atoms with Crippen molar-refractivity contribution in [2.75, 3.05) is 13.8 Å². The molecular weight excluding hydrogens is 647 g/mol. The van der Waals surface area contributed by atoms with Crippen LogP contribution in [0.2, 0.25) is 0 Å². The third-order valence-electron chi connectivity index (χ3n) is 10.1. The van der Waals surface area contributed by atoms with Crippen molar-refractivity contribution in [3.8, 4) is 34.5 Å². The van der Waals surface area contributed by atoms with Crippen LogP contribution >= 0.6 is 0 Å². The smallest absolute Gasteiger partial charge is 0.193 e. The first-order valence-corrected chi connectivity index (χ1v) is 17.5. The molecule has 0 atom stereocenters. The van der Waals surface area contributed by atoms with E-state index in [1.165, 1.54) is 16.7 Å². The van der Waals surface area contributed by atoms with E-state index in [-0.39, 0.29) is 22.4 Å². The molecule has 0 bridgehead atoms. The lowest BCUT2D eigenvalue weighted by Gasteiger charge is -2.30. The highest BCUT2D eigenvalue weighted by atomic mass is 16.5. The fourth-order valence-electron chi connectivity index (χ4n) is 6.63. The van der Waals surface area contributed by atoms with E-state index < -0.39 is 0 Å². The first-order valence-electron chi connectivity index (χ1n) is 17.5. The molecule has 262 valence electrons. The summed E-state index contributed by atoms with van der Waals surface area (Å²) in [6, 6.07) is 44.4. The van der Waals surface area contributed by atoms with Crippen LogP contribution in [0.15, 0.2) is 140 Å². The van der Waals surface area contributed by atoms with Gasteiger partial charge in [-0.2, -0.15) is 0 Å². The summed E-state index contributed by atoms with van der Waals surface area (Å²) >= 11 is 0. The Morgan fingerprint density at radius 3 is 1.42 bits per heavy atom. The molecule has 52 heavy (non-hydrogen) atoms. The molecule has 0 saturated carbocycles. The van der Waals surface area contributed by atoms with Crippen LogP contribution in [0.5, 0.6) is 34.5 Å². The molecule has 1 N–H and O–H groups in total. The average molecular weight is 690 g/mol. The summed E-state index contributed by atoms with van der Waals surface area (Å²) in [6.07, 6.45) is 0. The number of carbonyl (C=O) groups is 1. The normalized spacial score (nSPS) is 13.2. The molecule has 6 aromatic rings. The molecule has 0 radical (unpaired) electrons. The minimum absolute atomic E-state index is 0.0779. The molecule has 6 aromatic carbocycles. The number of hydrogen-bond acceptors (Lipinski definition) is 6. The Labute approximate surface area is 305 Å². The molecule has 0 amide bonds. The van der Waals surface area contributed by atoms with Crippen LogP contribution in [0.3, 0.4) is 0 Å². The van der Waals surface area contributed by atoms with Crippen LogP contribution in [0.4, 0.5) is 0 Å². The lowest BCUT2D eigenvalue weighted by molar-refractivity contribution is 0.103. The second kappa shape index (κ2) is 14.0. The quantitative estimate of drug-likeness (QED) is 0.144.